The van der Waals surface area contributed by atoms with Gasteiger partial charge in [-0.2, -0.15) is 0 Å². The molecule has 0 bridgehead atoms. The Labute approximate surface area is 118 Å². The van der Waals surface area contributed by atoms with E-state index in [2.05, 4.69) is 0 Å². The van der Waals surface area contributed by atoms with Crippen LogP contribution in [0, 0.1) is 0 Å². The Morgan fingerprint density at radius 3 is 2.35 bits per heavy atom. The maximum absolute atomic E-state index is 10.5. The zero-order valence-electron chi connectivity index (χ0n) is 12.0. The van der Waals surface area contributed by atoms with Crippen molar-refractivity contribution in [3.8, 4) is 17.2 Å². The average Bonchev–Trinajstić information content (AvgIpc) is 2.44. The van der Waals surface area contributed by atoms with Crippen LogP contribution in [-0.2, 0) is 11.2 Å². The standard InChI is InChI=1S/C14H21NO5/c1-18-11-6-4-9(13(19-2)14(11)20-3)8-10(15)5-7-12(16)17/h4,6,10H,5,7-8,15H2,1-3H3,(H,16,17). The van der Waals surface area contributed by atoms with Crippen molar-refractivity contribution < 1.29 is 24.1 Å². The lowest BCUT2D eigenvalue weighted by molar-refractivity contribution is -0.137. The van der Waals surface area contributed by atoms with Gasteiger partial charge in [-0.05, 0) is 24.5 Å². The number of carboxylic acid groups (broad SMARTS) is 1. The van der Waals surface area contributed by atoms with Gasteiger partial charge in [0.15, 0.2) is 11.5 Å². The summed E-state index contributed by atoms with van der Waals surface area (Å²) in [5, 5.41) is 8.66. The first-order valence-corrected chi connectivity index (χ1v) is 6.28. The molecule has 0 saturated carbocycles. The molecule has 1 aromatic carbocycles. The summed E-state index contributed by atoms with van der Waals surface area (Å²) >= 11 is 0. The van der Waals surface area contributed by atoms with Crippen molar-refractivity contribution in [2.45, 2.75) is 25.3 Å². The number of rotatable bonds is 8. The van der Waals surface area contributed by atoms with Crippen LogP contribution in [0.1, 0.15) is 18.4 Å². The van der Waals surface area contributed by atoms with Gasteiger partial charge in [0, 0.05) is 12.5 Å². The molecule has 1 unspecified atom stereocenters. The van der Waals surface area contributed by atoms with Crippen molar-refractivity contribution in [1.29, 1.82) is 0 Å². The molecule has 6 heteroatoms. The van der Waals surface area contributed by atoms with Crippen molar-refractivity contribution in [2.24, 2.45) is 5.73 Å². The number of carboxylic acids is 1. The summed E-state index contributed by atoms with van der Waals surface area (Å²) in [5.74, 6) is 0.808. The van der Waals surface area contributed by atoms with Crippen LogP contribution in [0.3, 0.4) is 0 Å². The minimum atomic E-state index is -0.847. The predicted molar refractivity (Wildman–Crippen MR) is 74.6 cm³/mol. The van der Waals surface area contributed by atoms with Gasteiger partial charge in [0.25, 0.3) is 0 Å². The first-order valence-electron chi connectivity index (χ1n) is 6.28. The molecule has 0 aliphatic rings. The second-order valence-corrected chi connectivity index (χ2v) is 4.39. The Kier molecular flexibility index (Phi) is 6.11. The van der Waals surface area contributed by atoms with Gasteiger partial charge >= 0.3 is 5.97 Å². The van der Waals surface area contributed by atoms with Crippen LogP contribution in [0.4, 0.5) is 0 Å². The second-order valence-electron chi connectivity index (χ2n) is 4.39. The fourth-order valence-electron chi connectivity index (χ4n) is 2.02. The van der Waals surface area contributed by atoms with Gasteiger partial charge in [0.05, 0.1) is 21.3 Å². The molecule has 0 radical (unpaired) electrons. The van der Waals surface area contributed by atoms with Crippen LogP contribution in [-0.4, -0.2) is 38.4 Å². The van der Waals surface area contributed by atoms with E-state index in [0.29, 0.717) is 30.1 Å². The quantitative estimate of drug-likeness (QED) is 0.750. The molecule has 0 aliphatic heterocycles. The van der Waals surface area contributed by atoms with Gasteiger partial charge in [-0.15, -0.1) is 0 Å². The van der Waals surface area contributed by atoms with E-state index < -0.39 is 5.97 Å². The second kappa shape index (κ2) is 7.59. The van der Waals surface area contributed by atoms with Crippen molar-refractivity contribution in [2.75, 3.05) is 21.3 Å². The van der Waals surface area contributed by atoms with Gasteiger partial charge in [-0.1, -0.05) is 6.07 Å². The van der Waals surface area contributed by atoms with E-state index in [0.717, 1.165) is 5.56 Å². The summed E-state index contributed by atoms with van der Waals surface area (Å²) in [4.78, 5) is 10.5. The molecule has 1 atom stereocenters. The lowest BCUT2D eigenvalue weighted by Gasteiger charge is -2.17. The maximum atomic E-state index is 10.5. The summed E-state index contributed by atoms with van der Waals surface area (Å²) in [7, 11) is 4.63. The highest BCUT2D eigenvalue weighted by Gasteiger charge is 2.17. The smallest absolute Gasteiger partial charge is 0.303 e. The Bertz CT molecular complexity index is 461. The van der Waals surface area contributed by atoms with E-state index in [1.807, 2.05) is 6.07 Å². The van der Waals surface area contributed by atoms with E-state index in [-0.39, 0.29) is 12.5 Å². The van der Waals surface area contributed by atoms with Gasteiger partial charge in [0.1, 0.15) is 0 Å². The molecule has 6 nitrogen and oxygen atoms in total. The van der Waals surface area contributed by atoms with Crippen LogP contribution >= 0.6 is 0 Å². The van der Waals surface area contributed by atoms with Crippen molar-refractivity contribution in [3.63, 3.8) is 0 Å². The number of aliphatic carboxylic acids is 1. The number of methoxy groups -OCH3 is 3. The summed E-state index contributed by atoms with van der Waals surface area (Å²) in [5.41, 5.74) is 6.81. The Morgan fingerprint density at radius 2 is 1.85 bits per heavy atom. The first-order chi connectivity index (χ1) is 9.53. The molecule has 0 spiro atoms. The Hall–Kier alpha value is -1.95. The molecular weight excluding hydrogens is 262 g/mol. The Balaban J connectivity index is 2.92. The predicted octanol–water partition coefficient (Wildman–Crippen LogP) is 1.45. The van der Waals surface area contributed by atoms with Crippen molar-refractivity contribution in [3.05, 3.63) is 17.7 Å². The summed E-state index contributed by atoms with van der Waals surface area (Å²) < 4.78 is 15.9. The van der Waals surface area contributed by atoms with Crippen molar-refractivity contribution in [1.82, 2.24) is 0 Å². The zero-order chi connectivity index (χ0) is 15.1. The molecule has 1 rings (SSSR count). The Morgan fingerprint density at radius 1 is 1.20 bits per heavy atom. The number of hydrogen-bond acceptors (Lipinski definition) is 5. The van der Waals surface area contributed by atoms with E-state index in [4.69, 9.17) is 25.1 Å². The lowest BCUT2D eigenvalue weighted by atomic mass is 10.0. The highest BCUT2D eigenvalue weighted by atomic mass is 16.5. The van der Waals surface area contributed by atoms with Crippen LogP contribution in [0.25, 0.3) is 0 Å². The van der Waals surface area contributed by atoms with E-state index in [1.54, 1.807) is 20.3 Å². The molecule has 1 aromatic rings. The minimum absolute atomic E-state index is 0.0524. The third-order valence-corrected chi connectivity index (χ3v) is 3.00. The molecule has 0 aliphatic carbocycles. The van der Waals surface area contributed by atoms with Gasteiger partial charge in [-0.3, -0.25) is 4.79 Å². The number of carbonyl (C=O) groups is 1. The molecule has 20 heavy (non-hydrogen) atoms. The topological polar surface area (TPSA) is 91.0 Å². The summed E-state index contributed by atoms with van der Waals surface area (Å²) in [6, 6.07) is 3.37. The molecule has 112 valence electrons. The van der Waals surface area contributed by atoms with Gasteiger partial charge in [0.2, 0.25) is 5.75 Å². The van der Waals surface area contributed by atoms with Gasteiger partial charge < -0.3 is 25.1 Å². The normalized spacial score (nSPS) is 11.8. The number of hydrogen-bond donors (Lipinski definition) is 2. The highest BCUT2D eigenvalue weighted by molar-refractivity contribution is 5.66. The third kappa shape index (κ3) is 4.03. The zero-order valence-corrected chi connectivity index (χ0v) is 12.0. The molecule has 0 fully saturated rings. The average molecular weight is 283 g/mol. The third-order valence-electron chi connectivity index (χ3n) is 3.00. The SMILES string of the molecule is COc1ccc(CC(N)CCC(=O)O)c(OC)c1OC. The van der Waals surface area contributed by atoms with Gasteiger partial charge in [-0.25, -0.2) is 0 Å². The van der Waals surface area contributed by atoms with E-state index in [9.17, 15) is 4.79 Å². The molecule has 0 aromatic heterocycles. The van der Waals surface area contributed by atoms with E-state index in [1.165, 1.54) is 7.11 Å². The fourth-order valence-corrected chi connectivity index (χ4v) is 2.02. The van der Waals surface area contributed by atoms with Crippen LogP contribution in [0.2, 0.25) is 0 Å². The fraction of sp³-hybridized carbons (Fsp3) is 0.500. The lowest BCUT2D eigenvalue weighted by Crippen LogP contribution is -2.24. The maximum Gasteiger partial charge on any atom is 0.303 e. The van der Waals surface area contributed by atoms with E-state index >= 15 is 0 Å². The number of ether oxygens (including phenoxy) is 3. The van der Waals surface area contributed by atoms with Crippen LogP contribution in [0.15, 0.2) is 12.1 Å². The van der Waals surface area contributed by atoms with Crippen LogP contribution in [0.5, 0.6) is 17.2 Å². The summed E-state index contributed by atoms with van der Waals surface area (Å²) in [6.45, 7) is 0. The monoisotopic (exact) mass is 283 g/mol. The largest absolute Gasteiger partial charge is 0.493 e. The molecule has 0 amide bonds. The number of benzene rings is 1. The molecule has 0 heterocycles. The number of nitrogens with two attached hydrogens (primary N) is 1. The highest BCUT2D eigenvalue weighted by Crippen LogP contribution is 2.40. The van der Waals surface area contributed by atoms with Crippen LogP contribution < -0.4 is 19.9 Å². The molecular formula is C14H21NO5. The first kappa shape index (κ1) is 16.1. The summed E-state index contributed by atoms with van der Waals surface area (Å²) in [6.07, 6.45) is 0.973. The molecule has 0 saturated heterocycles. The molecule has 3 N–H and O–H groups in total. The van der Waals surface area contributed by atoms with Crippen molar-refractivity contribution >= 4 is 5.97 Å². The minimum Gasteiger partial charge on any atom is -0.493 e.